The van der Waals surface area contributed by atoms with Crippen LogP contribution in [-0.4, -0.2) is 31.3 Å². The summed E-state index contributed by atoms with van der Waals surface area (Å²) in [5.74, 6) is 0.664. The zero-order valence-corrected chi connectivity index (χ0v) is 11.8. The fourth-order valence-electron chi connectivity index (χ4n) is 1.60. The number of nitrogens with zero attached hydrogens (tertiary/aromatic N) is 1. The van der Waals surface area contributed by atoms with E-state index in [-0.39, 0.29) is 6.54 Å². The van der Waals surface area contributed by atoms with Crippen molar-refractivity contribution in [3.05, 3.63) is 28.2 Å². The lowest BCUT2D eigenvalue weighted by Gasteiger charge is -2.22. The van der Waals surface area contributed by atoms with Gasteiger partial charge in [-0.1, -0.05) is 13.0 Å². The molecule has 1 aromatic rings. The lowest BCUT2D eigenvalue weighted by molar-refractivity contribution is -0.146. The SMILES string of the molecule is CCN(Cc1ccc(OC)c(Br)c1)CC(F)(F)F. The van der Waals surface area contributed by atoms with Gasteiger partial charge < -0.3 is 4.74 Å². The molecule has 102 valence electrons. The van der Waals surface area contributed by atoms with Crippen LogP contribution in [0.15, 0.2) is 22.7 Å². The molecule has 1 rings (SSSR count). The summed E-state index contributed by atoms with van der Waals surface area (Å²) in [5, 5.41) is 0. The molecular formula is C12H15BrF3NO. The minimum Gasteiger partial charge on any atom is -0.496 e. The van der Waals surface area contributed by atoms with Gasteiger partial charge in [0.15, 0.2) is 0 Å². The van der Waals surface area contributed by atoms with Gasteiger partial charge in [-0.25, -0.2) is 0 Å². The first kappa shape index (κ1) is 15.3. The average molecular weight is 326 g/mol. The Hall–Kier alpha value is -0.750. The van der Waals surface area contributed by atoms with E-state index >= 15 is 0 Å². The Morgan fingerprint density at radius 1 is 1.33 bits per heavy atom. The summed E-state index contributed by atoms with van der Waals surface area (Å²) in [5.41, 5.74) is 0.814. The van der Waals surface area contributed by atoms with Gasteiger partial charge in [-0.3, -0.25) is 4.90 Å². The molecule has 0 aliphatic carbocycles. The van der Waals surface area contributed by atoms with E-state index in [9.17, 15) is 13.2 Å². The maximum atomic E-state index is 12.3. The van der Waals surface area contributed by atoms with Gasteiger partial charge >= 0.3 is 6.18 Å². The first-order chi connectivity index (χ1) is 8.35. The van der Waals surface area contributed by atoms with E-state index in [1.165, 1.54) is 4.90 Å². The monoisotopic (exact) mass is 325 g/mol. The summed E-state index contributed by atoms with van der Waals surface area (Å²) in [6.07, 6.45) is -4.17. The molecule has 0 amide bonds. The molecule has 1 aromatic carbocycles. The molecular weight excluding hydrogens is 311 g/mol. The van der Waals surface area contributed by atoms with E-state index in [2.05, 4.69) is 15.9 Å². The quantitative estimate of drug-likeness (QED) is 0.815. The fraction of sp³-hybridized carbons (Fsp3) is 0.500. The van der Waals surface area contributed by atoms with Crippen molar-refractivity contribution in [2.75, 3.05) is 20.2 Å². The van der Waals surface area contributed by atoms with Crippen molar-refractivity contribution >= 4 is 15.9 Å². The molecule has 0 bridgehead atoms. The number of methoxy groups -OCH3 is 1. The third-order valence-corrected chi connectivity index (χ3v) is 3.09. The van der Waals surface area contributed by atoms with Crippen LogP contribution in [0.4, 0.5) is 13.2 Å². The van der Waals surface area contributed by atoms with Gasteiger partial charge in [-0.2, -0.15) is 13.2 Å². The minimum atomic E-state index is -4.17. The van der Waals surface area contributed by atoms with Crippen LogP contribution < -0.4 is 4.74 Å². The maximum Gasteiger partial charge on any atom is 0.401 e. The van der Waals surface area contributed by atoms with Gasteiger partial charge in [-0.15, -0.1) is 0 Å². The molecule has 0 heterocycles. The molecule has 18 heavy (non-hydrogen) atoms. The van der Waals surface area contributed by atoms with Gasteiger partial charge in [0.2, 0.25) is 0 Å². The molecule has 0 N–H and O–H groups in total. The van der Waals surface area contributed by atoms with E-state index in [0.29, 0.717) is 12.3 Å². The lowest BCUT2D eigenvalue weighted by Crippen LogP contribution is -2.33. The number of hydrogen-bond donors (Lipinski definition) is 0. The van der Waals surface area contributed by atoms with Crippen molar-refractivity contribution in [2.45, 2.75) is 19.6 Å². The third-order valence-electron chi connectivity index (χ3n) is 2.47. The number of rotatable bonds is 5. The van der Waals surface area contributed by atoms with Gasteiger partial charge in [0, 0.05) is 6.54 Å². The summed E-state index contributed by atoms with van der Waals surface area (Å²) < 4.78 is 42.8. The highest BCUT2D eigenvalue weighted by Gasteiger charge is 2.30. The van der Waals surface area contributed by atoms with Gasteiger partial charge in [0.1, 0.15) is 5.75 Å². The Bertz CT molecular complexity index is 395. The van der Waals surface area contributed by atoms with Crippen LogP contribution in [-0.2, 0) is 6.54 Å². The van der Waals surface area contributed by atoms with Crippen LogP contribution in [0.2, 0.25) is 0 Å². The normalized spacial score (nSPS) is 11.9. The summed E-state index contributed by atoms with van der Waals surface area (Å²) in [6, 6.07) is 5.28. The molecule has 0 saturated carbocycles. The van der Waals surface area contributed by atoms with Gasteiger partial charge in [-0.05, 0) is 40.2 Å². The largest absolute Gasteiger partial charge is 0.496 e. The second-order valence-electron chi connectivity index (χ2n) is 3.89. The second kappa shape index (κ2) is 6.43. The lowest BCUT2D eigenvalue weighted by atomic mass is 10.2. The number of benzene rings is 1. The predicted octanol–water partition coefficient (Wildman–Crippen LogP) is 3.84. The van der Waals surface area contributed by atoms with E-state index < -0.39 is 12.7 Å². The third kappa shape index (κ3) is 4.86. The van der Waals surface area contributed by atoms with Crippen molar-refractivity contribution in [3.8, 4) is 5.75 Å². The Labute approximate surface area is 113 Å². The standard InChI is InChI=1S/C12H15BrF3NO/c1-3-17(8-12(14,15)16)7-9-4-5-11(18-2)10(13)6-9/h4-6H,3,7-8H2,1-2H3. The van der Waals surface area contributed by atoms with Crippen molar-refractivity contribution in [1.29, 1.82) is 0 Å². The highest BCUT2D eigenvalue weighted by molar-refractivity contribution is 9.10. The zero-order valence-electron chi connectivity index (χ0n) is 10.2. The first-order valence-electron chi connectivity index (χ1n) is 5.47. The second-order valence-corrected chi connectivity index (χ2v) is 4.74. The van der Waals surface area contributed by atoms with E-state index in [0.717, 1.165) is 10.0 Å². The number of hydrogen-bond acceptors (Lipinski definition) is 2. The molecule has 0 spiro atoms. The highest BCUT2D eigenvalue weighted by atomic mass is 79.9. The Kier molecular flexibility index (Phi) is 5.47. The van der Waals surface area contributed by atoms with Crippen molar-refractivity contribution in [2.24, 2.45) is 0 Å². The van der Waals surface area contributed by atoms with E-state index in [1.54, 1.807) is 32.2 Å². The molecule has 0 aliphatic heterocycles. The van der Waals surface area contributed by atoms with Crippen molar-refractivity contribution in [3.63, 3.8) is 0 Å². The molecule has 0 aromatic heterocycles. The molecule has 6 heteroatoms. The Morgan fingerprint density at radius 3 is 2.44 bits per heavy atom. The number of ether oxygens (including phenoxy) is 1. The van der Waals surface area contributed by atoms with Gasteiger partial charge in [0.25, 0.3) is 0 Å². The van der Waals surface area contributed by atoms with Crippen LogP contribution in [0, 0.1) is 0 Å². The summed E-state index contributed by atoms with van der Waals surface area (Å²) in [6.45, 7) is 1.43. The van der Waals surface area contributed by atoms with Crippen LogP contribution >= 0.6 is 15.9 Å². The average Bonchev–Trinajstić information content (AvgIpc) is 2.26. The topological polar surface area (TPSA) is 12.5 Å². The zero-order chi connectivity index (χ0) is 13.8. The fourth-order valence-corrected chi connectivity index (χ4v) is 2.19. The summed E-state index contributed by atoms with van der Waals surface area (Å²) in [7, 11) is 1.54. The summed E-state index contributed by atoms with van der Waals surface area (Å²) >= 11 is 3.31. The number of halogens is 4. The van der Waals surface area contributed by atoms with Crippen LogP contribution in [0.1, 0.15) is 12.5 Å². The Morgan fingerprint density at radius 2 is 2.00 bits per heavy atom. The van der Waals surface area contributed by atoms with Crippen molar-refractivity contribution < 1.29 is 17.9 Å². The molecule has 0 aliphatic rings. The minimum absolute atomic E-state index is 0.263. The molecule has 2 nitrogen and oxygen atoms in total. The molecule has 0 atom stereocenters. The van der Waals surface area contributed by atoms with E-state index in [1.807, 2.05) is 0 Å². The molecule has 0 fully saturated rings. The predicted molar refractivity (Wildman–Crippen MR) is 67.7 cm³/mol. The smallest absolute Gasteiger partial charge is 0.401 e. The highest BCUT2D eigenvalue weighted by Crippen LogP contribution is 2.26. The maximum absolute atomic E-state index is 12.3. The molecule has 0 saturated heterocycles. The van der Waals surface area contributed by atoms with Crippen LogP contribution in [0.5, 0.6) is 5.75 Å². The van der Waals surface area contributed by atoms with Crippen LogP contribution in [0.25, 0.3) is 0 Å². The Balaban J connectivity index is 2.73. The molecule has 0 unspecified atom stereocenters. The number of alkyl halides is 3. The van der Waals surface area contributed by atoms with Gasteiger partial charge in [0.05, 0.1) is 18.1 Å². The van der Waals surface area contributed by atoms with Crippen molar-refractivity contribution in [1.82, 2.24) is 4.90 Å². The van der Waals surface area contributed by atoms with E-state index in [4.69, 9.17) is 4.74 Å². The first-order valence-corrected chi connectivity index (χ1v) is 6.26. The van der Waals surface area contributed by atoms with Crippen LogP contribution in [0.3, 0.4) is 0 Å². The molecule has 0 radical (unpaired) electrons. The summed E-state index contributed by atoms with van der Waals surface area (Å²) in [4.78, 5) is 1.34.